The van der Waals surface area contributed by atoms with Crippen molar-refractivity contribution in [3.63, 3.8) is 0 Å². The number of rotatable bonds is 6. The van der Waals surface area contributed by atoms with Crippen molar-refractivity contribution in [3.05, 3.63) is 47.5 Å². The Bertz CT molecular complexity index is 481. The van der Waals surface area contributed by atoms with E-state index in [4.69, 9.17) is 0 Å². The van der Waals surface area contributed by atoms with Crippen molar-refractivity contribution in [2.24, 2.45) is 11.8 Å². The lowest BCUT2D eigenvalue weighted by Gasteiger charge is -2.25. The average Bonchev–Trinajstić information content (AvgIpc) is 2.45. The third-order valence-electron chi connectivity index (χ3n) is 3.94. The van der Waals surface area contributed by atoms with Crippen LogP contribution in [0.5, 0.6) is 0 Å². The number of allylic oxidation sites excluding steroid dienone is 2. The summed E-state index contributed by atoms with van der Waals surface area (Å²) in [5, 5.41) is 6.23. The van der Waals surface area contributed by atoms with E-state index in [0.717, 1.165) is 18.5 Å². The van der Waals surface area contributed by atoms with Gasteiger partial charge in [-0.2, -0.15) is 0 Å². The zero-order chi connectivity index (χ0) is 15.1. The minimum Gasteiger partial charge on any atom is -0.351 e. The van der Waals surface area contributed by atoms with Crippen LogP contribution in [0.15, 0.2) is 42.0 Å². The van der Waals surface area contributed by atoms with E-state index < -0.39 is 0 Å². The molecule has 2 unspecified atom stereocenters. The van der Waals surface area contributed by atoms with Crippen molar-refractivity contribution in [1.29, 1.82) is 0 Å². The van der Waals surface area contributed by atoms with Gasteiger partial charge in [0.25, 0.3) is 0 Å². The van der Waals surface area contributed by atoms with Crippen molar-refractivity contribution in [2.75, 3.05) is 13.1 Å². The minimum atomic E-state index is 0.0648. The van der Waals surface area contributed by atoms with E-state index in [-0.39, 0.29) is 5.91 Å². The first-order valence-corrected chi connectivity index (χ1v) is 7.82. The molecule has 1 aromatic rings. The topological polar surface area (TPSA) is 41.1 Å². The monoisotopic (exact) mass is 286 g/mol. The van der Waals surface area contributed by atoms with Gasteiger partial charge in [-0.15, -0.1) is 0 Å². The maximum Gasteiger partial charge on any atom is 0.234 e. The summed E-state index contributed by atoms with van der Waals surface area (Å²) in [5.41, 5.74) is 2.61. The Balaban J connectivity index is 1.62. The Morgan fingerprint density at radius 2 is 2.05 bits per heavy atom. The summed E-state index contributed by atoms with van der Waals surface area (Å²) in [4.78, 5) is 11.8. The van der Waals surface area contributed by atoms with Crippen LogP contribution in [0.1, 0.15) is 32.3 Å². The van der Waals surface area contributed by atoms with E-state index >= 15 is 0 Å². The second-order valence-electron chi connectivity index (χ2n) is 6.19. The van der Waals surface area contributed by atoms with Crippen LogP contribution in [0.25, 0.3) is 0 Å². The van der Waals surface area contributed by atoms with Crippen LogP contribution in [-0.4, -0.2) is 19.0 Å². The summed E-state index contributed by atoms with van der Waals surface area (Å²) in [6, 6.07) is 9.99. The molecule has 0 aliphatic heterocycles. The molecule has 114 valence electrons. The van der Waals surface area contributed by atoms with Crippen LogP contribution in [0.2, 0.25) is 0 Å². The standard InChI is InChI=1S/C18H26N2O/c1-14-8-15(2)10-17(9-14)11-19-13-18(21)20-12-16-6-4-3-5-7-16/h3-8,14,17,19H,9-13H2,1-2H3,(H,20,21). The normalized spacial score (nSPS) is 21.7. The molecule has 0 saturated heterocycles. The molecule has 0 fully saturated rings. The fourth-order valence-electron chi connectivity index (χ4n) is 3.09. The fraction of sp³-hybridized carbons (Fsp3) is 0.500. The smallest absolute Gasteiger partial charge is 0.234 e. The Morgan fingerprint density at radius 3 is 2.76 bits per heavy atom. The molecule has 1 aliphatic rings. The minimum absolute atomic E-state index is 0.0648. The van der Waals surface area contributed by atoms with Crippen molar-refractivity contribution >= 4 is 5.91 Å². The highest BCUT2D eigenvalue weighted by Crippen LogP contribution is 2.27. The van der Waals surface area contributed by atoms with E-state index in [9.17, 15) is 4.79 Å². The van der Waals surface area contributed by atoms with Crippen LogP contribution in [0.3, 0.4) is 0 Å². The highest BCUT2D eigenvalue weighted by Gasteiger charge is 2.17. The first-order chi connectivity index (χ1) is 10.1. The van der Waals surface area contributed by atoms with Crippen molar-refractivity contribution in [3.8, 4) is 0 Å². The van der Waals surface area contributed by atoms with Crippen molar-refractivity contribution < 1.29 is 4.79 Å². The van der Waals surface area contributed by atoms with E-state index in [0.29, 0.717) is 24.9 Å². The van der Waals surface area contributed by atoms with Crippen molar-refractivity contribution in [2.45, 2.75) is 33.2 Å². The maximum atomic E-state index is 11.8. The van der Waals surface area contributed by atoms with Crippen LogP contribution < -0.4 is 10.6 Å². The van der Waals surface area contributed by atoms with Gasteiger partial charge >= 0.3 is 0 Å². The summed E-state index contributed by atoms with van der Waals surface area (Å²) in [6.45, 7) is 6.40. The molecule has 3 heteroatoms. The van der Waals surface area contributed by atoms with Gasteiger partial charge in [-0.3, -0.25) is 4.79 Å². The summed E-state index contributed by atoms with van der Waals surface area (Å²) >= 11 is 0. The van der Waals surface area contributed by atoms with Gasteiger partial charge in [0.1, 0.15) is 0 Å². The lowest BCUT2D eigenvalue weighted by molar-refractivity contribution is -0.120. The third-order valence-corrected chi connectivity index (χ3v) is 3.94. The molecule has 2 N–H and O–H groups in total. The number of carbonyl (C=O) groups excluding carboxylic acids is 1. The molecule has 0 aromatic heterocycles. The third kappa shape index (κ3) is 5.72. The van der Waals surface area contributed by atoms with Gasteiger partial charge < -0.3 is 10.6 Å². The summed E-state index contributed by atoms with van der Waals surface area (Å²) in [7, 11) is 0. The van der Waals surface area contributed by atoms with Crippen LogP contribution >= 0.6 is 0 Å². The second-order valence-corrected chi connectivity index (χ2v) is 6.19. The molecule has 2 atom stereocenters. The number of hydrogen-bond donors (Lipinski definition) is 2. The number of nitrogens with one attached hydrogen (secondary N) is 2. The molecule has 21 heavy (non-hydrogen) atoms. The largest absolute Gasteiger partial charge is 0.351 e. The lowest BCUT2D eigenvalue weighted by Crippen LogP contribution is -2.36. The summed E-state index contributed by atoms with van der Waals surface area (Å²) in [5.74, 6) is 1.39. The quantitative estimate of drug-likeness (QED) is 0.790. The Hall–Kier alpha value is -1.61. The van der Waals surface area contributed by atoms with Gasteiger partial charge in [0, 0.05) is 6.54 Å². The molecule has 2 rings (SSSR count). The molecule has 0 spiro atoms. The van der Waals surface area contributed by atoms with Gasteiger partial charge in [-0.25, -0.2) is 0 Å². The highest BCUT2D eigenvalue weighted by atomic mass is 16.1. The number of hydrogen-bond acceptors (Lipinski definition) is 2. The van der Waals surface area contributed by atoms with E-state index in [2.05, 4.69) is 30.6 Å². The molecular weight excluding hydrogens is 260 g/mol. The van der Waals surface area contributed by atoms with Gasteiger partial charge in [-0.05, 0) is 43.7 Å². The number of amides is 1. The molecule has 0 heterocycles. The molecule has 3 nitrogen and oxygen atoms in total. The summed E-state index contributed by atoms with van der Waals surface area (Å²) < 4.78 is 0. The van der Waals surface area contributed by atoms with E-state index in [1.165, 1.54) is 12.0 Å². The van der Waals surface area contributed by atoms with Crippen LogP contribution in [0, 0.1) is 11.8 Å². The SMILES string of the molecule is CC1=CC(C)CC(CNCC(=O)NCc2ccccc2)C1. The predicted octanol–water partition coefficient (Wildman–Crippen LogP) is 2.88. The zero-order valence-electron chi connectivity index (χ0n) is 13.1. The molecule has 0 radical (unpaired) electrons. The average molecular weight is 286 g/mol. The van der Waals surface area contributed by atoms with E-state index in [1.807, 2.05) is 30.3 Å². The first-order valence-electron chi connectivity index (χ1n) is 7.82. The van der Waals surface area contributed by atoms with Gasteiger partial charge in [-0.1, -0.05) is 48.9 Å². The Labute approximate surface area is 127 Å². The maximum absolute atomic E-state index is 11.8. The molecule has 1 aromatic carbocycles. The Kier molecular flexibility index (Phi) is 6.00. The molecular formula is C18H26N2O. The first kappa shape index (κ1) is 15.8. The number of benzene rings is 1. The summed E-state index contributed by atoms with van der Waals surface area (Å²) in [6.07, 6.45) is 4.74. The predicted molar refractivity (Wildman–Crippen MR) is 86.8 cm³/mol. The van der Waals surface area contributed by atoms with Crippen molar-refractivity contribution in [1.82, 2.24) is 10.6 Å². The number of carbonyl (C=O) groups is 1. The van der Waals surface area contributed by atoms with Crippen LogP contribution in [0.4, 0.5) is 0 Å². The van der Waals surface area contributed by atoms with Gasteiger partial charge in [0.05, 0.1) is 6.54 Å². The van der Waals surface area contributed by atoms with Gasteiger partial charge in [0.15, 0.2) is 0 Å². The molecule has 0 bridgehead atoms. The van der Waals surface area contributed by atoms with E-state index in [1.54, 1.807) is 0 Å². The Morgan fingerprint density at radius 1 is 1.29 bits per heavy atom. The van der Waals surface area contributed by atoms with Crippen LogP contribution in [-0.2, 0) is 11.3 Å². The molecule has 1 amide bonds. The van der Waals surface area contributed by atoms with Gasteiger partial charge in [0.2, 0.25) is 5.91 Å². The molecule has 0 saturated carbocycles. The highest BCUT2D eigenvalue weighted by molar-refractivity contribution is 5.77. The second kappa shape index (κ2) is 7.99. The lowest BCUT2D eigenvalue weighted by atomic mass is 9.84. The zero-order valence-corrected chi connectivity index (χ0v) is 13.1. The molecule has 1 aliphatic carbocycles. The fourth-order valence-corrected chi connectivity index (χ4v) is 3.09.